The van der Waals surface area contributed by atoms with E-state index < -0.39 is 6.10 Å². The number of rotatable bonds is 8. The van der Waals surface area contributed by atoms with E-state index in [-0.39, 0.29) is 12.7 Å². The predicted molar refractivity (Wildman–Crippen MR) is 65.6 cm³/mol. The lowest BCUT2D eigenvalue weighted by molar-refractivity contribution is -0.00611. The van der Waals surface area contributed by atoms with Gasteiger partial charge >= 0.3 is 0 Å². The third-order valence-corrected chi connectivity index (χ3v) is 1.57. The molecule has 2 unspecified atom stereocenters. The first-order chi connectivity index (χ1) is 7.58. The van der Waals surface area contributed by atoms with Gasteiger partial charge in [-0.05, 0) is 26.7 Å². The van der Waals surface area contributed by atoms with Crippen LogP contribution in [-0.2, 0) is 9.47 Å². The summed E-state index contributed by atoms with van der Waals surface area (Å²) >= 11 is 0. The maximum atomic E-state index is 8.11. The minimum atomic E-state index is -0.560. The van der Waals surface area contributed by atoms with Crippen LogP contribution in [0, 0.1) is 0 Å². The zero-order chi connectivity index (χ0) is 12.8. The van der Waals surface area contributed by atoms with Gasteiger partial charge in [0.05, 0.1) is 25.4 Å². The Labute approximate surface area is 99.6 Å². The summed E-state index contributed by atoms with van der Waals surface area (Å²) in [6.07, 6.45) is 1.86. The SMILES string of the molecule is CC(O)CO.CCCOCC(C)OCCC. The Balaban J connectivity index is 0. The summed E-state index contributed by atoms with van der Waals surface area (Å²) in [5, 5.41) is 16.0. The zero-order valence-electron chi connectivity index (χ0n) is 11.1. The van der Waals surface area contributed by atoms with Crippen molar-refractivity contribution in [3.8, 4) is 0 Å². The molecule has 0 saturated heterocycles. The fourth-order valence-electron chi connectivity index (χ4n) is 0.761. The minimum Gasteiger partial charge on any atom is -0.394 e. The van der Waals surface area contributed by atoms with Gasteiger partial charge in [-0.2, -0.15) is 0 Å². The van der Waals surface area contributed by atoms with Crippen LogP contribution < -0.4 is 0 Å². The van der Waals surface area contributed by atoms with Crippen molar-refractivity contribution in [3.63, 3.8) is 0 Å². The molecule has 2 N–H and O–H groups in total. The van der Waals surface area contributed by atoms with Crippen molar-refractivity contribution in [2.24, 2.45) is 0 Å². The molecule has 0 aromatic rings. The molecule has 0 heterocycles. The van der Waals surface area contributed by atoms with Gasteiger partial charge in [0.25, 0.3) is 0 Å². The Morgan fingerprint density at radius 3 is 1.94 bits per heavy atom. The average molecular weight is 236 g/mol. The van der Waals surface area contributed by atoms with Crippen LogP contribution in [0.5, 0.6) is 0 Å². The van der Waals surface area contributed by atoms with Crippen LogP contribution >= 0.6 is 0 Å². The Kier molecular flexibility index (Phi) is 16.9. The Morgan fingerprint density at radius 2 is 1.56 bits per heavy atom. The Hall–Kier alpha value is -0.160. The first-order valence-electron chi connectivity index (χ1n) is 6.06. The van der Waals surface area contributed by atoms with Gasteiger partial charge in [0, 0.05) is 13.2 Å². The summed E-state index contributed by atoms with van der Waals surface area (Å²) in [5.74, 6) is 0. The summed E-state index contributed by atoms with van der Waals surface area (Å²) in [5.41, 5.74) is 0. The van der Waals surface area contributed by atoms with Gasteiger partial charge in [-0.25, -0.2) is 0 Å². The maximum absolute atomic E-state index is 8.11. The largest absolute Gasteiger partial charge is 0.394 e. The van der Waals surface area contributed by atoms with Crippen LogP contribution in [0.15, 0.2) is 0 Å². The molecule has 0 saturated carbocycles. The highest BCUT2D eigenvalue weighted by molar-refractivity contribution is 4.46. The van der Waals surface area contributed by atoms with Gasteiger partial charge in [0.1, 0.15) is 0 Å². The molecule has 0 aliphatic carbocycles. The van der Waals surface area contributed by atoms with E-state index in [1.807, 2.05) is 6.92 Å². The highest BCUT2D eigenvalue weighted by Crippen LogP contribution is 1.93. The fourth-order valence-corrected chi connectivity index (χ4v) is 0.761. The highest BCUT2D eigenvalue weighted by atomic mass is 16.5. The van der Waals surface area contributed by atoms with Gasteiger partial charge in [-0.3, -0.25) is 0 Å². The fraction of sp³-hybridized carbons (Fsp3) is 1.00. The van der Waals surface area contributed by atoms with Gasteiger partial charge in [-0.1, -0.05) is 13.8 Å². The number of ether oxygens (including phenoxy) is 2. The Morgan fingerprint density at radius 1 is 1.06 bits per heavy atom. The first kappa shape index (κ1) is 18.2. The van der Waals surface area contributed by atoms with Crippen LogP contribution in [0.3, 0.4) is 0 Å². The van der Waals surface area contributed by atoms with E-state index in [4.69, 9.17) is 19.7 Å². The zero-order valence-corrected chi connectivity index (χ0v) is 11.1. The number of aliphatic hydroxyl groups is 2. The topological polar surface area (TPSA) is 58.9 Å². The van der Waals surface area contributed by atoms with Crippen LogP contribution in [0.25, 0.3) is 0 Å². The van der Waals surface area contributed by atoms with Crippen LogP contribution in [0.4, 0.5) is 0 Å². The van der Waals surface area contributed by atoms with E-state index >= 15 is 0 Å². The van der Waals surface area contributed by atoms with E-state index in [0.29, 0.717) is 0 Å². The molecule has 0 bridgehead atoms. The molecule has 2 atom stereocenters. The molecular weight excluding hydrogens is 208 g/mol. The molecule has 4 heteroatoms. The first-order valence-corrected chi connectivity index (χ1v) is 6.06. The quantitative estimate of drug-likeness (QED) is 0.628. The summed E-state index contributed by atoms with van der Waals surface area (Å²) < 4.78 is 10.7. The van der Waals surface area contributed by atoms with E-state index in [1.54, 1.807) is 0 Å². The third-order valence-electron chi connectivity index (χ3n) is 1.57. The summed E-state index contributed by atoms with van der Waals surface area (Å²) in [6.45, 7) is 10.1. The number of hydrogen-bond donors (Lipinski definition) is 2. The minimum absolute atomic E-state index is 0.139. The standard InChI is InChI=1S/C9H20O2.C3H8O2/c1-4-6-10-8-9(3)11-7-5-2;1-3(5)2-4/h9H,4-8H2,1-3H3;3-5H,2H2,1H3. The smallest absolute Gasteiger partial charge is 0.0780 e. The second kappa shape index (κ2) is 14.8. The van der Waals surface area contributed by atoms with E-state index in [2.05, 4.69) is 13.8 Å². The van der Waals surface area contributed by atoms with Crippen molar-refractivity contribution in [2.75, 3.05) is 26.4 Å². The lowest BCUT2D eigenvalue weighted by Crippen LogP contribution is -2.16. The molecule has 0 radical (unpaired) electrons. The summed E-state index contributed by atoms with van der Waals surface area (Å²) in [6, 6.07) is 0. The lowest BCUT2D eigenvalue weighted by Gasteiger charge is -2.11. The summed E-state index contributed by atoms with van der Waals surface area (Å²) in [4.78, 5) is 0. The molecule has 0 amide bonds. The molecule has 4 nitrogen and oxygen atoms in total. The number of aliphatic hydroxyl groups excluding tert-OH is 2. The van der Waals surface area contributed by atoms with E-state index in [1.165, 1.54) is 6.92 Å². The molecule has 16 heavy (non-hydrogen) atoms. The highest BCUT2D eigenvalue weighted by Gasteiger charge is 1.99. The number of hydrogen-bond acceptors (Lipinski definition) is 4. The Bertz CT molecular complexity index is 118. The molecule has 100 valence electrons. The van der Waals surface area contributed by atoms with Gasteiger partial charge in [0.15, 0.2) is 0 Å². The van der Waals surface area contributed by atoms with Gasteiger partial charge < -0.3 is 19.7 Å². The molecule has 0 aromatic heterocycles. The molecule has 0 aliphatic rings. The van der Waals surface area contributed by atoms with Crippen molar-refractivity contribution in [3.05, 3.63) is 0 Å². The molecule has 0 aromatic carbocycles. The molecule has 0 fully saturated rings. The van der Waals surface area contributed by atoms with Crippen molar-refractivity contribution in [1.29, 1.82) is 0 Å². The van der Waals surface area contributed by atoms with Gasteiger partial charge in [0.2, 0.25) is 0 Å². The summed E-state index contributed by atoms with van der Waals surface area (Å²) in [7, 11) is 0. The molecule has 0 spiro atoms. The monoisotopic (exact) mass is 236 g/mol. The normalized spacial score (nSPS) is 13.9. The van der Waals surface area contributed by atoms with E-state index in [9.17, 15) is 0 Å². The average Bonchev–Trinajstić information content (AvgIpc) is 2.27. The predicted octanol–water partition coefficient (Wildman–Crippen LogP) is 1.59. The maximum Gasteiger partial charge on any atom is 0.0780 e. The molecular formula is C12H28O4. The second-order valence-electron chi connectivity index (χ2n) is 3.79. The lowest BCUT2D eigenvalue weighted by atomic mass is 10.4. The van der Waals surface area contributed by atoms with Crippen LogP contribution in [-0.4, -0.2) is 48.8 Å². The van der Waals surface area contributed by atoms with Crippen molar-refractivity contribution < 1.29 is 19.7 Å². The third kappa shape index (κ3) is 19.4. The van der Waals surface area contributed by atoms with E-state index in [0.717, 1.165) is 32.7 Å². The van der Waals surface area contributed by atoms with Crippen LogP contribution in [0.1, 0.15) is 40.5 Å². The van der Waals surface area contributed by atoms with Gasteiger partial charge in [-0.15, -0.1) is 0 Å². The molecule has 0 rings (SSSR count). The van der Waals surface area contributed by atoms with Crippen molar-refractivity contribution in [2.45, 2.75) is 52.7 Å². The second-order valence-corrected chi connectivity index (χ2v) is 3.79. The van der Waals surface area contributed by atoms with Crippen LogP contribution in [0.2, 0.25) is 0 Å². The van der Waals surface area contributed by atoms with Crippen molar-refractivity contribution in [1.82, 2.24) is 0 Å². The van der Waals surface area contributed by atoms with Crippen molar-refractivity contribution >= 4 is 0 Å². The molecule has 0 aliphatic heterocycles.